The molecule has 0 aromatic heterocycles. The number of likely N-dealkylation sites (N-methyl/N-ethyl adjacent to an activating group) is 1. The van der Waals surface area contributed by atoms with Crippen molar-refractivity contribution in [1.82, 2.24) is 10.2 Å². The van der Waals surface area contributed by atoms with Crippen molar-refractivity contribution < 1.29 is 9.53 Å². The first-order valence-corrected chi connectivity index (χ1v) is 4.85. The van der Waals surface area contributed by atoms with Crippen LogP contribution in [0, 0.1) is 0 Å². The molecular weight excluding hydrogens is 180 g/mol. The number of amides is 1. The van der Waals surface area contributed by atoms with Gasteiger partial charge in [0.15, 0.2) is 0 Å². The van der Waals surface area contributed by atoms with E-state index in [-0.39, 0.29) is 12.1 Å². The lowest BCUT2D eigenvalue weighted by Gasteiger charge is -2.23. The van der Waals surface area contributed by atoms with Crippen LogP contribution in [-0.4, -0.2) is 43.3 Å². The molecule has 0 aliphatic heterocycles. The van der Waals surface area contributed by atoms with Gasteiger partial charge in [-0.3, -0.25) is 0 Å². The number of hydrogen-bond donors (Lipinski definition) is 1. The van der Waals surface area contributed by atoms with Gasteiger partial charge in [-0.2, -0.15) is 0 Å². The molecule has 14 heavy (non-hydrogen) atoms. The minimum atomic E-state index is -0.429. The second-order valence-corrected chi connectivity index (χ2v) is 4.81. The molecule has 0 saturated heterocycles. The Hall–Kier alpha value is -0.770. The van der Waals surface area contributed by atoms with Crippen molar-refractivity contribution in [2.75, 3.05) is 20.6 Å². The molecule has 0 radical (unpaired) electrons. The first kappa shape index (κ1) is 13.2. The quantitative estimate of drug-likeness (QED) is 0.753. The zero-order valence-corrected chi connectivity index (χ0v) is 10.0. The summed E-state index contributed by atoms with van der Waals surface area (Å²) < 4.78 is 5.12. The fourth-order valence-electron chi connectivity index (χ4n) is 1.10. The third-order valence-electron chi connectivity index (χ3n) is 1.40. The molecule has 1 amide bonds. The lowest BCUT2D eigenvalue weighted by molar-refractivity contribution is 0.0502. The van der Waals surface area contributed by atoms with Crippen molar-refractivity contribution in [2.45, 2.75) is 39.3 Å². The van der Waals surface area contributed by atoms with Crippen LogP contribution in [0.4, 0.5) is 4.79 Å². The first-order chi connectivity index (χ1) is 6.20. The highest BCUT2D eigenvalue weighted by Crippen LogP contribution is 2.06. The van der Waals surface area contributed by atoms with Crippen molar-refractivity contribution in [3.05, 3.63) is 0 Å². The molecule has 0 aromatic rings. The Morgan fingerprint density at radius 1 is 1.43 bits per heavy atom. The largest absolute Gasteiger partial charge is 0.444 e. The molecule has 4 heteroatoms. The molecule has 1 N–H and O–H groups in total. The maximum absolute atomic E-state index is 11.3. The Balaban J connectivity index is 3.83. The van der Waals surface area contributed by atoms with Gasteiger partial charge in [-0.15, -0.1) is 0 Å². The summed E-state index contributed by atoms with van der Waals surface area (Å²) in [5, 5.41) is 2.76. The first-order valence-electron chi connectivity index (χ1n) is 4.85. The van der Waals surface area contributed by atoms with Crippen molar-refractivity contribution in [3.63, 3.8) is 0 Å². The molecule has 0 fully saturated rings. The van der Waals surface area contributed by atoms with Crippen molar-refractivity contribution >= 4 is 6.09 Å². The average Bonchev–Trinajstić information content (AvgIpc) is 1.77. The van der Waals surface area contributed by atoms with E-state index in [1.165, 1.54) is 0 Å². The van der Waals surface area contributed by atoms with E-state index in [1.54, 1.807) is 0 Å². The number of rotatable bonds is 3. The van der Waals surface area contributed by atoms with E-state index < -0.39 is 5.60 Å². The second-order valence-electron chi connectivity index (χ2n) is 4.81. The van der Waals surface area contributed by atoms with Gasteiger partial charge in [0.2, 0.25) is 0 Å². The Morgan fingerprint density at radius 3 is 2.29 bits per heavy atom. The lowest BCUT2D eigenvalue weighted by Crippen LogP contribution is -2.42. The Bertz CT molecular complexity index is 185. The zero-order valence-electron chi connectivity index (χ0n) is 10.0. The summed E-state index contributed by atoms with van der Waals surface area (Å²) in [4.78, 5) is 13.3. The SMILES string of the molecule is CC(CN(C)C)NC(=O)OC(C)(C)C. The van der Waals surface area contributed by atoms with Crippen LogP contribution in [0.15, 0.2) is 0 Å². The van der Waals surface area contributed by atoms with Gasteiger partial charge in [0.1, 0.15) is 5.60 Å². The van der Waals surface area contributed by atoms with Crippen molar-refractivity contribution in [3.8, 4) is 0 Å². The summed E-state index contributed by atoms with van der Waals surface area (Å²) in [5.74, 6) is 0. The molecule has 0 aromatic carbocycles. The van der Waals surface area contributed by atoms with Crippen molar-refractivity contribution in [2.24, 2.45) is 0 Å². The molecule has 0 saturated carbocycles. The van der Waals surface area contributed by atoms with Gasteiger partial charge in [0, 0.05) is 12.6 Å². The summed E-state index contributed by atoms with van der Waals surface area (Å²) in [5.41, 5.74) is -0.429. The summed E-state index contributed by atoms with van der Waals surface area (Å²) >= 11 is 0. The van der Waals surface area contributed by atoms with Crippen LogP contribution in [0.3, 0.4) is 0 Å². The van der Waals surface area contributed by atoms with Gasteiger partial charge < -0.3 is 15.0 Å². The molecule has 1 atom stereocenters. The van der Waals surface area contributed by atoms with E-state index >= 15 is 0 Å². The molecule has 1 unspecified atom stereocenters. The highest BCUT2D eigenvalue weighted by atomic mass is 16.6. The van der Waals surface area contributed by atoms with E-state index in [2.05, 4.69) is 5.32 Å². The molecule has 0 spiro atoms. The van der Waals surface area contributed by atoms with E-state index in [1.807, 2.05) is 46.7 Å². The number of ether oxygens (including phenoxy) is 1. The van der Waals surface area contributed by atoms with Gasteiger partial charge in [-0.25, -0.2) is 4.79 Å². The Kier molecular flexibility index (Phi) is 4.91. The zero-order chi connectivity index (χ0) is 11.4. The van der Waals surface area contributed by atoms with Gasteiger partial charge >= 0.3 is 6.09 Å². The second kappa shape index (κ2) is 5.20. The summed E-state index contributed by atoms with van der Waals surface area (Å²) in [7, 11) is 3.93. The number of nitrogens with one attached hydrogen (secondary N) is 1. The standard InChI is InChI=1S/C10H22N2O2/c1-8(7-12(5)6)11-9(13)14-10(2,3)4/h8H,7H2,1-6H3,(H,11,13). The number of nitrogens with zero attached hydrogens (tertiary/aromatic N) is 1. The van der Waals surface area contributed by atoms with Crippen molar-refractivity contribution in [1.29, 1.82) is 0 Å². The molecule has 84 valence electrons. The van der Waals surface area contributed by atoms with E-state index in [0.29, 0.717) is 0 Å². The van der Waals surface area contributed by atoms with Crippen LogP contribution in [-0.2, 0) is 4.74 Å². The average molecular weight is 202 g/mol. The summed E-state index contributed by atoms with van der Waals surface area (Å²) in [6.45, 7) is 8.30. The smallest absolute Gasteiger partial charge is 0.407 e. The monoisotopic (exact) mass is 202 g/mol. The topological polar surface area (TPSA) is 41.6 Å². The number of carbonyl (C=O) groups is 1. The van der Waals surface area contributed by atoms with Gasteiger partial charge in [-0.1, -0.05) is 0 Å². The van der Waals surface area contributed by atoms with Gasteiger partial charge in [-0.05, 0) is 41.8 Å². The van der Waals surface area contributed by atoms with E-state index in [9.17, 15) is 4.79 Å². The van der Waals surface area contributed by atoms with E-state index in [4.69, 9.17) is 4.74 Å². The molecule has 0 aliphatic carbocycles. The van der Waals surface area contributed by atoms with E-state index in [0.717, 1.165) is 6.54 Å². The maximum Gasteiger partial charge on any atom is 0.407 e. The molecule has 0 rings (SSSR count). The predicted octanol–water partition coefficient (Wildman–Crippen LogP) is 1.46. The molecule has 4 nitrogen and oxygen atoms in total. The normalized spacial score (nSPS) is 13.9. The van der Waals surface area contributed by atoms with Crippen LogP contribution >= 0.6 is 0 Å². The fraction of sp³-hybridized carbons (Fsp3) is 0.900. The highest BCUT2D eigenvalue weighted by molar-refractivity contribution is 5.68. The number of carbonyl (C=O) groups excluding carboxylic acids is 1. The maximum atomic E-state index is 11.3. The minimum absolute atomic E-state index is 0.0971. The predicted molar refractivity (Wildman–Crippen MR) is 57.4 cm³/mol. The molecule has 0 heterocycles. The van der Waals surface area contributed by atoms with Crippen LogP contribution in [0.1, 0.15) is 27.7 Å². The molecule has 0 aliphatic rings. The third kappa shape index (κ3) is 7.86. The Morgan fingerprint density at radius 2 is 1.93 bits per heavy atom. The summed E-state index contributed by atoms with van der Waals surface area (Å²) in [6.07, 6.45) is -0.355. The van der Waals surface area contributed by atoms with Crippen LogP contribution in [0.25, 0.3) is 0 Å². The number of alkyl carbamates (subject to hydrolysis) is 1. The highest BCUT2D eigenvalue weighted by Gasteiger charge is 2.17. The fourth-order valence-corrected chi connectivity index (χ4v) is 1.10. The third-order valence-corrected chi connectivity index (χ3v) is 1.40. The van der Waals surface area contributed by atoms with Crippen LogP contribution in [0.2, 0.25) is 0 Å². The summed E-state index contributed by atoms with van der Waals surface area (Å²) in [6, 6.07) is 0.0971. The van der Waals surface area contributed by atoms with Crippen LogP contribution in [0.5, 0.6) is 0 Å². The molecular formula is C10H22N2O2. The van der Waals surface area contributed by atoms with Gasteiger partial charge in [0.05, 0.1) is 0 Å². The minimum Gasteiger partial charge on any atom is -0.444 e. The number of hydrogen-bond acceptors (Lipinski definition) is 3. The van der Waals surface area contributed by atoms with Gasteiger partial charge in [0.25, 0.3) is 0 Å². The molecule has 0 bridgehead atoms. The Labute approximate surface area is 86.6 Å². The lowest BCUT2D eigenvalue weighted by atomic mass is 10.2. The van der Waals surface area contributed by atoms with Crippen LogP contribution < -0.4 is 5.32 Å².